The van der Waals surface area contributed by atoms with Crippen LogP contribution >= 0.6 is 11.8 Å². The van der Waals surface area contributed by atoms with Crippen LogP contribution in [0.25, 0.3) is 0 Å². The van der Waals surface area contributed by atoms with Gasteiger partial charge in [0.25, 0.3) is 0 Å². The van der Waals surface area contributed by atoms with Crippen molar-refractivity contribution in [2.75, 3.05) is 12.5 Å². The highest BCUT2D eigenvalue weighted by Gasteiger charge is 1.89. The summed E-state index contributed by atoms with van der Waals surface area (Å²) in [6.07, 6.45) is 3.57. The summed E-state index contributed by atoms with van der Waals surface area (Å²) in [6.45, 7) is 2.77. The molecule has 1 aromatic rings. The first-order chi connectivity index (χ1) is 5.43. The van der Waals surface area contributed by atoms with E-state index in [2.05, 4.69) is 4.98 Å². The van der Waals surface area contributed by atoms with Crippen molar-refractivity contribution in [3.8, 4) is 0 Å². The van der Waals surface area contributed by atoms with Gasteiger partial charge in [-0.25, -0.2) is 0 Å². The van der Waals surface area contributed by atoms with E-state index in [9.17, 15) is 0 Å². The van der Waals surface area contributed by atoms with Gasteiger partial charge in [-0.3, -0.25) is 4.98 Å². The highest BCUT2D eigenvalue weighted by molar-refractivity contribution is 7.99. The van der Waals surface area contributed by atoms with Crippen LogP contribution in [0.1, 0.15) is 6.92 Å². The molecule has 0 fully saturated rings. The van der Waals surface area contributed by atoms with Gasteiger partial charge in [0.1, 0.15) is 0 Å². The van der Waals surface area contributed by atoms with Crippen LogP contribution in [0.3, 0.4) is 0 Å². The fourth-order valence-electron chi connectivity index (χ4n) is 0.628. The van der Waals surface area contributed by atoms with E-state index < -0.39 is 0 Å². The van der Waals surface area contributed by atoms with Crippen molar-refractivity contribution < 1.29 is 4.74 Å². The van der Waals surface area contributed by atoms with Gasteiger partial charge in [0.05, 0.1) is 5.94 Å². The molecule has 0 spiro atoms. The average Bonchev–Trinajstić information content (AvgIpc) is 2.07. The normalized spacial score (nSPS) is 9.91. The van der Waals surface area contributed by atoms with Crippen LogP contribution in [0.2, 0.25) is 0 Å². The van der Waals surface area contributed by atoms with Crippen molar-refractivity contribution in [3.63, 3.8) is 0 Å². The summed E-state index contributed by atoms with van der Waals surface area (Å²) in [5.41, 5.74) is 0. The number of aromatic nitrogens is 1. The number of pyridine rings is 1. The maximum Gasteiger partial charge on any atom is 0.0966 e. The Kier molecular flexibility index (Phi) is 4.01. The molecule has 0 saturated carbocycles. The molecule has 1 aromatic heterocycles. The van der Waals surface area contributed by atoms with Gasteiger partial charge in [0.2, 0.25) is 0 Å². The highest BCUT2D eigenvalue weighted by Crippen LogP contribution is 2.15. The minimum Gasteiger partial charge on any atom is -0.371 e. The van der Waals surface area contributed by atoms with Crippen LogP contribution in [-0.4, -0.2) is 17.5 Å². The standard InChI is InChI=1S/C8H11NOS/c1-2-10-7-11-8-3-5-9-6-4-8/h3-6H,2,7H2,1H3. The van der Waals surface area contributed by atoms with Crippen LogP contribution < -0.4 is 0 Å². The zero-order valence-electron chi connectivity index (χ0n) is 6.49. The Balaban J connectivity index is 2.28. The molecule has 1 rings (SSSR count). The van der Waals surface area contributed by atoms with Gasteiger partial charge in [0, 0.05) is 23.9 Å². The van der Waals surface area contributed by atoms with E-state index in [1.54, 1.807) is 24.2 Å². The third kappa shape index (κ3) is 3.39. The predicted molar refractivity (Wildman–Crippen MR) is 46.6 cm³/mol. The monoisotopic (exact) mass is 169 g/mol. The Morgan fingerprint density at radius 2 is 2.18 bits per heavy atom. The summed E-state index contributed by atoms with van der Waals surface area (Å²) in [7, 11) is 0. The summed E-state index contributed by atoms with van der Waals surface area (Å²) in [6, 6.07) is 3.95. The Morgan fingerprint density at radius 1 is 1.45 bits per heavy atom. The van der Waals surface area contributed by atoms with Crippen molar-refractivity contribution in [3.05, 3.63) is 24.5 Å². The number of hydrogen-bond donors (Lipinski definition) is 0. The fraction of sp³-hybridized carbons (Fsp3) is 0.375. The SMILES string of the molecule is CCOCSc1ccncc1. The van der Waals surface area contributed by atoms with E-state index in [1.807, 2.05) is 19.1 Å². The molecule has 0 unspecified atom stereocenters. The van der Waals surface area contributed by atoms with E-state index in [1.165, 1.54) is 4.90 Å². The number of rotatable bonds is 4. The van der Waals surface area contributed by atoms with E-state index >= 15 is 0 Å². The molecule has 11 heavy (non-hydrogen) atoms. The lowest BCUT2D eigenvalue weighted by Crippen LogP contribution is -1.87. The second-order valence-corrected chi connectivity index (χ2v) is 2.93. The van der Waals surface area contributed by atoms with Crippen LogP contribution in [0.5, 0.6) is 0 Å². The molecule has 0 aliphatic rings. The third-order valence-corrected chi connectivity index (χ3v) is 2.05. The lowest BCUT2D eigenvalue weighted by Gasteiger charge is -1.99. The summed E-state index contributed by atoms with van der Waals surface area (Å²) in [4.78, 5) is 5.12. The first kappa shape index (κ1) is 8.56. The first-order valence-electron chi connectivity index (χ1n) is 3.54. The lowest BCUT2D eigenvalue weighted by molar-refractivity contribution is 0.199. The molecule has 0 atom stereocenters. The molecule has 0 amide bonds. The number of ether oxygens (including phenoxy) is 1. The summed E-state index contributed by atoms with van der Waals surface area (Å²) >= 11 is 1.68. The number of hydrogen-bond acceptors (Lipinski definition) is 3. The molecule has 0 aromatic carbocycles. The maximum atomic E-state index is 5.18. The minimum absolute atomic E-state index is 0.723. The molecule has 2 nitrogen and oxygen atoms in total. The summed E-state index contributed by atoms with van der Waals surface area (Å²) in [5, 5.41) is 0. The molecule has 0 aliphatic carbocycles. The molecular formula is C8H11NOS. The largest absolute Gasteiger partial charge is 0.371 e. The first-order valence-corrected chi connectivity index (χ1v) is 4.52. The van der Waals surface area contributed by atoms with Crippen molar-refractivity contribution in [2.24, 2.45) is 0 Å². The van der Waals surface area contributed by atoms with Crippen LogP contribution in [0.4, 0.5) is 0 Å². The molecule has 60 valence electrons. The molecule has 0 radical (unpaired) electrons. The van der Waals surface area contributed by atoms with E-state index in [0.717, 1.165) is 12.5 Å². The van der Waals surface area contributed by atoms with Gasteiger partial charge in [-0.1, -0.05) is 11.8 Å². The molecule has 3 heteroatoms. The van der Waals surface area contributed by atoms with Gasteiger partial charge in [0.15, 0.2) is 0 Å². The van der Waals surface area contributed by atoms with Crippen molar-refractivity contribution in [2.45, 2.75) is 11.8 Å². The number of nitrogens with zero attached hydrogens (tertiary/aromatic N) is 1. The molecule has 0 N–H and O–H groups in total. The predicted octanol–water partition coefficient (Wildman–Crippen LogP) is 2.17. The smallest absolute Gasteiger partial charge is 0.0966 e. The maximum absolute atomic E-state index is 5.18. The highest BCUT2D eigenvalue weighted by atomic mass is 32.2. The lowest BCUT2D eigenvalue weighted by atomic mass is 10.5. The van der Waals surface area contributed by atoms with Crippen molar-refractivity contribution in [1.82, 2.24) is 4.98 Å². The topological polar surface area (TPSA) is 22.1 Å². The van der Waals surface area contributed by atoms with Crippen LogP contribution in [0, 0.1) is 0 Å². The Hall–Kier alpha value is -0.540. The van der Waals surface area contributed by atoms with Gasteiger partial charge < -0.3 is 4.74 Å². The minimum atomic E-state index is 0.723. The molecule has 0 saturated heterocycles. The number of thioether (sulfide) groups is 1. The van der Waals surface area contributed by atoms with E-state index in [-0.39, 0.29) is 0 Å². The zero-order chi connectivity index (χ0) is 7.94. The van der Waals surface area contributed by atoms with Crippen molar-refractivity contribution >= 4 is 11.8 Å². The fourth-order valence-corrected chi connectivity index (χ4v) is 1.33. The van der Waals surface area contributed by atoms with Crippen LogP contribution in [0.15, 0.2) is 29.4 Å². The third-order valence-electron chi connectivity index (χ3n) is 1.16. The molecule has 1 heterocycles. The van der Waals surface area contributed by atoms with Crippen LogP contribution in [-0.2, 0) is 4.74 Å². The molecule has 0 aliphatic heterocycles. The summed E-state index contributed by atoms with van der Waals surface area (Å²) < 4.78 is 5.18. The van der Waals surface area contributed by atoms with Gasteiger partial charge in [-0.2, -0.15) is 0 Å². The quantitative estimate of drug-likeness (QED) is 0.392. The van der Waals surface area contributed by atoms with Gasteiger partial charge in [-0.05, 0) is 19.1 Å². The van der Waals surface area contributed by atoms with Gasteiger partial charge in [-0.15, -0.1) is 0 Å². The van der Waals surface area contributed by atoms with E-state index in [4.69, 9.17) is 4.74 Å². The second-order valence-electron chi connectivity index (χ2n) is 1.94. The van der Waals surface area contributed by atoms with Gasteiger partial charge >= 0.3 is 0 Å². The van der Waals surface area contributed by atoms with Crippen molar-refractivity contribution in [1.29, 1.82) is 0 Å². The Morgan fingerprint density at radius 3 is 2.82 bits per heavy atom. The Bertz CT molecular complexity index is 191. The molecule has 0 bridgehead atoms. The second kappa shape index (κ2) is 5.16. The Labute approximate surface area is 71.0 Å². The average molecular weight is 169 g/mol. The van der Waals surface area contributed by atoms with E-state index in [0.29, 0.717) is 0 Å². The zero-order valence-corrected chi connectivity index (χ0v) is 7.30. The summed E-state index contributed by atoms with van der Waals surface area (Å²) in [5.74, 6) is 0.723. The molecular weight excluding hydrogens is 158 g/mol.